The van der Waals surface area contributed by atoms with Crippen molar-refractivity contribution < 1.29 is 0 Å². The molecular weight excluding hydrogens is 160 g/mol. The SMILES string of the molecule is C=C(CN)CN1CCCCCC1C. The van der Waals surface area contributed by atoms with E-state index < -0.39 is 0 Å². The van der Waals surface area contributed by atoms with Crippen molar-refractivity contribution in [2.24, 2.45) is 5.73 Å². The minimum Gasteiger partial charge on any atom is -0.327 e. The van der Waals surface area contributed by atoms with Gasteiger partial charge in [0.1, 0.15) is 0 Å². The third-order valence-electron chi connectivity index (χ3n) is 2.91. The van der Waals surface area contributed by atoms with Crippen molar-refractivity contribution in [1.82, 2.24) is 4.90 Å². The van der Waals surface area contributed by atoms with Crippen LogP contribution in [0.15, 0.2) is 12.2 Å². The number of hydrogen-bond acceptors (Lipinski definition) is 2. The van der Waals surface area contributed by atoms with E-state index in [1.54, 1.807) is 0 Å². The van der Waals surface area contributed by atoms with E-state index in [1.165, 1.54) is 32.2 Å². The average molecular weight is 182 g/mol. The van der Waals surface area contributed by atoms with Gasteiger partial charge in [-0.2, -0.15) is 0 Å². The van der Waals surface area contributed by atoms with Crippen molar-refractivity contribution in [3.05, 3.63) is 12.2 Å². The first kappa shape index (κ1) is 10.7. The zero-order valence-corrected chi connectivity index (χ0v) is 8.76. The summed E-state index contributed by atoms with van der Waals surface area (Å²) >= 11 is 0. The predicted molar refractivity (Wildman–Crippen MR) is 57.7 cm³/mol. The van der Waals surface area contributed by atoms with Crippen molar-refractivity contribution in [3.8, 4) is 0 Å². The van der Waals surface area contributed by atoms with Gasteiger partial charge in [0, 0.05) is 19.1 Å². The van der Waals surface area contributed by atoms with E-state index in [1.807, 2.05) is 0 Å². The highest BCUT2D eigenvalue weighted by Crippen LogP contribution is 2.16. The van der Waals surface area contributed by atoms with Crippen molar-refractivity contribution in [3.63, 3.8) is 0 Å². The fourth-order valence-corrected chi connectivity index (χ4v) is 1.92. The minimum absolute atomic E-state index is 0.628. The van der Waals surface area contributed by atoms with Gasteiger partial charge in [-0.1, -0.05) is 19.4 Å². The largest absolute Gasteiger partial charge is 0.327 e. The van der Waals surface area contributed by atoms with E-state index in [9.17, 15) is 0 Å². The molecule has 1 atom stereocenters. The molecule has 2 N–H and O–H groups in total. The Hall–Kier alpha value is -0.340. The Morgan fingerprint density at radius 1 is 1.46 bits per heavy atom. The van der Waals surface area contributed by atoms with Crippen LogP contribution in [0.5, 0.6) is 0 Å². The Morgan fingerprint density at radius 2 is 2.23 bits per heavy atom. The molecule has 1 fully saturated rings. The van der Waals surface area contributed by atoms with Crippen LogP contribution in [-0.4, -0.2) is 30.6 Å². The van der Waals surface area contributed by atoms with Crippen LogP contribution in [0.2, 0.25) is 0 Å². The standard InChI is InChI=1S/C11H22N2/c1-10(8-12)9-13-7-5-3-4-6-11(13)2/h11H,1,3-9,12H2,2H3. The lowest BCUT2D eigenvalue weighted by molar-refractivity contribution is 0.231. The van der Waals surface area contributed by atoms with E-state index >= 15 is 0 Å². The molecule has 1 unspecified atom stereocenters. The van der Waals surface area contributed by atoms with Crippen LogP contribution in [0.3, 0.4) is 0 Å². The Labute approximate surface area is 81.8 Å². The van der Waals surface area contributed by atoms with Crippen LogP contribution in [0.4, 0.5) is 0 Å². The number of rotatable bonds is 3. The molecule has 2 heteroatoms. The molecule has 0 aromatic heterocycles. The third-order valence-corrected chi connectivity index (χ3v) is 2.91. The van der Waals surface area contributed by atoms with Gasteiger partial charge in [0.25, 0.3) is 0 Å². The summed E-state index contributed by atoms with van der Waals surface area (Å²) in [5.74, 6) is 0. The number of nitrogens with zero attached hydrogens (tertiary/aromatic N) is 1. The summed E-state index contributed by atoms with van der Waals surface area (Å²) in [5.41, 5.74) is 6.71. The molecule has 1 aliphatic heterocycles. The van der Waals surface area contributed by atoms with Gasteiger partial charge in [-0.3, -0.25) is 4.90 Å². The highest BCUT2D eigenvalue weighted by Gasteiger charge is 2.16. The molecule has 0 aromatic carbocycles. The Morgan fingerprint density at radius 3 is 2.92 bits per heavy atom. The van der Waals surface area contributed by atoms with Gasteiger partial charge >= 0.3 is 0 Å². The summed E-state index contributed by atoms with van der Waals surface area (Å²) < 4.78 is 0. The van der Waals surface area contributed by atoms with Crippen LogP contribution in [0.25, 0.3) is 0 Å². The summed E-state index contributed by atoms with van der Waals surface area (Å²) in [4.78, 5) is 2.52. The molecule has 0 spiro atoms. The molecule has 1 heterocycles. The summed E-state index contributed by atoms with van der Waals surface area (Å²) in [6.45, 7) is 9.13. The zero-order chi connectivity index (χ0) is 9.68. The van der Waals surface area contributed by atoms with E-state index in [0.29, 0.717) is 12.6 Å². The highest BCUT2D eigenvalue weighted by atomic mass is 15.1. The number of nitrogens with two attached hydrogens (primary N) is 1. The van der Waals surface area contributed by atoms with Gasteiger partial charge < -0.3 is 5.73 Å². The molecule has 2 nitrogen and oxygen atoms in total. The van der Waals surface area contributed by atoms with Crippen LogP contribution in [-0.2, 0) is 0 Å². The molecule has 1 saturated heterocycles. The summed E-state index contributed by atoms with van der Waals surface area (Å²) in [5, 5.41) is 0. The topological polar surface area (TPSA) is 29.3 Å². The molecule has 76 valence electrons. The molecule has 0 aliphatic carbocycles. The first-order chi connectivity index (χ1) is 6.24. The van der Waals surface area contributed by atoms with Crippen LogP contribution >= 0.6 is 0 Å². The van der Waals surface area contributed by atoms with Gasteiger partial charge in [0.2, 0.25) is 0 Å². The minimum atomic E-state index is 0.628. The van der Waals surface area contributed by atoms with E-state index in [2.05, 4.69) is 18.4 Å². The molecule has 0 bridgehead atoms. The average Bonchev–Trinajstić information content (AvgIpc) is 2.32. The molecule has 0 amide bonds. The fraction of sp³-hybridized carbons (Fsp3) is 0.818. The van der Waals surface area contributed by atoms with Crippen LogP contribution in [0, 0.1) is 0 Å². The van der Waals surface area contributed by atoms with E-state index in [0.717, 1.165) is 12.1 Å². The molecular formula is C11H22N2. The Balaban J connectivity index is 2.40. The van der Waals surface area contributed by atoms with Crippen molar-refractivity contribution in [2.75, 3.05) is 19.6 Å². The number of likely N-dealkylation sites (tertiary alicyclic amines) is 1. The lowest BCUT2D eigenvalue weighted by atomic mass is 10.1. The molecule has 13 heavy (non-hydrogen) atoms. The van der Waals surface area contributed by atoms with Crippen LogP contribution in [0.1, 0.15) is 32.6 Å². The van der Waals surface area contributed by atoms with Gasteiger partial charge in [-0.25, -0.2) is 0 Å². The fourth-order valence-electron chi connectivity index (χ4n) is 1.92. The van der Waals surface area contributed by atoms with E-state index in [-0.39, 0.29) is 0 Å². The lowest BCUT2D eigenvalue weighted by Crippen LogP contribution is -2.35. The smallest absolute Gasteiger partial charge is 0.0205 e. The molecule has 0 aromatic rings. The maximum absolute atomic E-state index is 5.55. The second-order valence-electron chi connectivity index (χ2n) is 4.12. The Kier molecular flexibility index (Phi) is 4.46. The maximum Gasteiger partial charge on any atom is 0.0205 e. The summed E-state index contributed by atoms with van der Waals surface area (Å²) in [6, 6.07) is 0.714. The van der Waals surface area contributed by atoms with Gasteiger partial charge in [0.05, 0.1) is 0 Å². The lowest BCUT2D eigenvalue weighted by Gasteiger charge is -2.27. The first-order valence-corrected chi connectivity index (χ1v) is 5.35. The first-order valence-electron chi connectivity index (χ1n) is 5.35. The monoisotopic (exact) mass is 182 g/mol. The second-order valence-corrected chi connectivity index (χ2v) is 4.12. The van der Waals surface area contributed by atoms with Gasteiger partial charge in [-0.15, -0.1) is 0 Å². The quantitative estimate of drug-likeness (QED) is 0.674. The molecule has 1 aliphatic rings. The summed E-state index contributed by atoms with van der Waals surface area (Å²) in [6.07, 6.45) is 5.43. The van der Waals surface area contributed by atoms with Gasteiger partial charge in [0.15, 0.2) is 0 Å². The zero-order valence-electron chi connectivity index (χ0n) is 8.76. The van der Waals surface area contributed by atoms with Crippen molar-refractivity contribution in [1.29, 1.82) is 0 Å². The molecule has 0 radical (unpaired) electrons. The number of hydrogen-bond donors (Lipinski definition) is 1. The van der Waals surface area contributed by atoms with E-state index in [4.69, 9.17) is 5.73 Å². The second kappa shape index (κ2) is 5.40. The van der Waals surface area contributed by atoms with Crippen LogP contribution < -0.4 is 5.73 Å². The molecule has 0 saturated carbocycles. The Bertz CT molecular complexity index is 165. The van der Waals surface area contributed by atoms with Crippen molar-refractivity contribution >= 4 is 0 Å². The van der Waals surface area contributed by atoms with Crippen molar-refractivity contribution in [2.45, 2.75) is 38.6 Å². The summed E-state index contributed by atoms with van der Waals surface area (Å²) in [7, 11) is 0. The highest BCUT2D eigenvalue weighted by molar-refractivity contribution is 4.99. The molecule has 1 rings (SSSR count). The van der Waals surface area contributed by atoms with Gasteiger partial charge in [-0.05, 0) is 31.9 Å². The third kappa shape index (κ3) is 3.49. The maximum atomic E-state index is 5.55. The normalized spacial score (nSPS) is 25.5. The predicted octanol–water partition coefficient (Wildman–Crippen LogP) is 1.77.